The van der Waals surface area contributed by atoms with Crippen LogP contribution in [0, 0.1) is 0 Å². The van der Waals surface area contributed by atoms with Gasteiger partial charge < -0.3 is 10.2 Å². The lowest BCUT2D eigenvalue weighted by Gasteiger charge is -1.96. The van der Waals surface area contributed by atoms with Crippen molar-refractivity contribution in [2.75, 3.05) is 13.2 Å². The number of rotatable bonds is 5. The predicted molar refractivity (Wildman–Crippen MR) is 38.6 cm³/mol. The fraction of sp³-hybridized carbons (Fsp3) is 1.00. The third-order valence-corrected chi connectivity index (χ3v) is 2.43. The molecule has 0 saturated carbocycles. The molecule has 0 spiro atoms. The normalized spacial score (nSPS) is 11.2. The summed E-state index contributed by atoms with van der Waals surface area (Å²) < 4.78 is 5.22. The summed E-state index contributed by atoms with van der Waals surface area (Å²) in [5, 5.41) is 0. The van der Waals surface area contributed by atoms with E-state index in [0.717, 1.165) is 19.6 Å². The highest BCUT2D eigenvalue weighted by Gasteiger charge is 1.84. The first-order valence-electron chi connectivity index (χ1n) is 3.19. The van der Waals surface area contributed by atoms with Crippen LogP contribution in [-0.2, 0) is 4.43 Å². The van der Waals surface area contributed by atoms with E-state index in [9.17, 15) is 0 Å². The Labute approximate surface area is 53.4 Å². The molecule has 0 heterocycles. The van der Waals surface area contributed by atoms with Gasteiger partial charge in [0, 0.05) is 6.61 Å². The van der Waals surface area contributed by atoms with Crippen LogP contribution in [0.2, 0.25) is 6.04 Å². The zero-order chi connectivity index (χ0) is 6.24. The van der Waals surface area contributed by atoms with Crippen molar-refractivity contribution < 1.29 is 4.43 Å². The summed E-state index contributed by atoms with van der Waals surface area (Å²) in [4.78, 5) is 0. The summed E-state index contributed by atoms with van der Waals surface area (Å²) in [5.74, 6) is 0. The third-order valence-electron chi connectivity index (χ3n) is 0.947. The van der Waals surface area contributed by atoms with Crippen LogP contribution < -0.4 is 5.73 Å². The lowest BCUT2D eigenvalue weighted by molar-refractivity contribution is 0.359. The highest BCUT2D eigenvalue weighted by atomic mass is 28.2. The van der Waals surface area contributed by atoms with Gasteiger partial charge in [-0.05, 0) is 25.9 Å². The molecule has 50 valence electrons. The van der Waals surface area contributed by atoms with Gasteiger partial charge in [-0.1, -0.05) is 0 Å². The first kappa shape index (κ1) is 8.14. The van der Waals surface area contributed by atoms with Crippen LogP contribution in [0.15, 0.2) is 0 Å². The SMILES string of the molecule is CCO[SiH2]CCCN. The van der Waals surface area contributed by atoms with E-state index >= 15 is 0 Å². The molecule has 0 aliphatic heterocycles. The van der Waals surface area contributed by atoms with Crippen LogP contribution in [0.5, 0.6) is 0 Å². The Morgan fingerprint density at radius 3 is 2.88 bits per heavy atom. The maximum Gasteiger partial charge on any atom is 0.161 e. The second-order valence-corrected chi connectivity index (χ2v) is 3.22. The van der Waals surface area contributed by atoms with E-state index < -0.39 is 0 Å². The van der Waals surface area contributed by atoms with Crippen LogP contribution in [0.1, 0.15) is 13.3 Å². The molecule has 0 aromatic heterocycles. The van der Waals surface area contributed by atoms with Crippen molar-refractivity contribution in [1.29, 1.82) is 0 Å². The van der Waals surface area contributed by atoms with E-state index in [4.69, 9.17) is 10.2 Å². The average Bonchev–Trinajstić information content (AvgIpc) is 1.81. The van der Waals surface area contributed by atoms with Gasteiger partial charge in [0.2, 0.25) is 0 Å². The minimum Gasteiger partial charge on any atom is -0.424 e. The van der Waals surface area contributed by atoms with Crippen LogP contribution in [0.3, 0.4) is 0 Å². The molecule has 2 nitrogen and oxygen atoms in total. The van der Waals surface area contributed by atoms with Crippen molar-refractivity contribution in [3.05, 3.63) is 0 Å². The van der Waals surface area contributed by atoms with Crippen molar-refractivity contribution in [3.63, 3.8) is 0 Å². The van der Waals surface area contributed by atoms with Crippen molar-refractivity contribution in [1.82, 2.24) is 0 Å². The average molecular weight is 133 g/mol. The van der Waals surface area contributed by atoms with E-state index in [1.807, 2.05) is 6.92 Å². The van der Waals surface area contributed by atoms with Crippen molar-refractivity contribution in [3.8, 4) is 0 Å². The van der Waals surface area contributed by atoms with E-state index in [1.54, 1.807) is 0 Å². The summed E-state index contributed by atoms with van der Waals surface area (Å²) in [6.07, 6.45) is 1.15. The molecule has 0 aromatic rings. The van der Waals surface area contributed by atoms with E-state index in [0.29, 0.717) is 0 Å². The molecule has 0 saturated heterocycles. The highest BCUT2D eigenvalue weighted by molar-refractivity contribution is 6.26. The van der Waals surface area contributed by atoms with Gasteiger partial charge >= 0.3 is 0 Å². The van der Waals surface area contributed by atoms with Crippen LogP contribution in [0.25, 0.3) is 0 Å². The molecule has 0 aliphatic rings. The Bertz CT molecular complexity index is 37.4. The molecule has 0 atom stereocenters. The fourth-order valence-electron chi connectivity index (χ4n) is 0.493. The number of nitrogens with two attached hydrogens (primary N) is 1. The molecule has 8 heavy (non-hydrogen) atoms. The van der Waals surface area contributed by atoms with E-state index in [-0.39, 0.29) is 9.76 Å². The first-order chi connectivity index (χ1) is 3.91. The minimum absolute atomic E-state index is 0.180. The van der Waals surface area contributed by atoms with Gasteiger partial charge in [0.25, 0.3) is 0 Å². The van der Waals surface area contributed by atoms with Crippen molar-refractivity contribution in [2.24, 2.45) is 5.73 Å². The zero-order valence-corrected chi connectivity index (χ0v) is 6.94. The molecule has 0 rings (SSSR count). The summed E-state index contributed by atoms with van der Waals surface area (Å²) in [6.45, 7) is 3.74. The quantitative estimate of drug-likeness (QED) is 0.419. The minimum atomic E-state index is -0.180. The lowest BCUT2D eigenvalue weighted by atomic mass is 10.5. The largest absolute Gasteiger partial charge is 0.424 e. The number of hydrogen-bond acceptors (Lipinski definition) is 2. The Kier molecular flexibility index (Phi) is 7.26. The van der Waals surface area contributed by atoms with Crippen molar-refractivity contribution >= 4 is 9.76 Å². The number of hydrogen-bond donors (Lipinski definition) is 1. The Morgan fingerprint density at radius 2 is 2.38 bits per heavy atom. The van der Waals surface area contributed by atoms with Gasteiger partial charge in [-0.25, -0.2) is 0 Å². The monoisotopic (exact) mass is 133 g/mol. The molecule has 0 aromatic carbocycles. The predicted octanol–water partition coefficient (Wildman–Crippen LogP) is -0.126. The fourth-order valence-corrected chi connectivity index (χ4v) is 1.48. The lowest BCUT2D eigenvalue weighted by Crippen LogP contribution is -2.03. The summed E-state index contributed by atoms with van der Waals surface area (Å²) in [5.41, 5.74) is 5.28. The van der Waals surface area contributed by atoms with Gasteiger partial charge in [-0.2, -0.15) is 0 Å². The molecule has 0 amide bonds. The van der Waals surface area contributed by atoms with Crippen molar-refractivity contribution in [2.45, 2.75) is 19.4 Å². The second-order valence-electron chi connectivity index (χ2n) is 1.69. The standard InChI is InChI=1S/C5H15NOSi/c1-2-7-8-5-3-4-6/h2-6,8H2,1H3. The maximum absolute atomic E-state index is 5.28. The highest BCUT2D eigenvalue weighted by Crippen LogP contribution is 1.84. The van der Waals surface area contributed by atoms with Crippen LogP contribution >= 0.6 is 0 Å². The first-order valence-corrected chi connectivity index (χ1v) is 4.77. The molecular formula is C5H15NOSi. The Hall–Kier alpha value is 0.137. The van der Waals surface area contributed by atoms with Gasteiger partial charge in [0.15, 0.2) is 9.76 Å². The summed E-state index contributed by atoms with van der Waals surface area (Å²) in [6, 6.07) is 1.24. The maximum atomic E-state index is 5.28. The van der Waals surface area contributed by atoms with Gasteiger partial charge in [0.1, 0.15) is 0 Å². The van der Waals surface area contributed by atoms with Gasteiger partial charge in [-0.3, -0.25) is 0 Å². The molecule has 3 heteroatoms. The smallest absolute Gasteiger partial charge is 0.161 e. The molecule has 2 N–H and O–H groups in total. The molecular weight excluding hydrogens is 118 g/mol. The molecule has 0 aliphatic carbocycles. The van der Waals surface area contributed by atoms with Crippen LogP contribution in [-0.4, -0.2) is 22.9 Å². The van der Waals surface area contributed by atoms with Gasteiger partial charge in [0.05, 0.1) is 0 Å². The third kappa shape index (κ3) is 6.14. The molecule has 0 bridgehead atoms. The second kappa shape index (κ2) is 7.14. The van der Waals surface area contributed by atoms with Crippen LogP contribution in [0.4, 0.5) is 0 Å². The topological polar surface area (TPSA) is 35.2 Å². The Morgan fingerprint density at radius 1 is 1.62 bits per heavy atom. The van der Waals surface area contributed by atoms with E-state index in [2.05, 4.69) is 0 Å². The summed E-state index contributed by atoms with van der Waals surface area (Å²) >= 11 is 0. The zero-order valence-electron chi connectivity index (χ0n) is 5.52. The Balaban J connectivity index is 2.53. The van der Waals surface area contributed by atoms with E-state index in [1.165, 1.54) is 6.04 Å². The molecule has 0 radical (unpaired) electrons. The van der Waals surface area contributed by atoms with Gasteiger partial charge in [-0.15, -0.1) is 0 Å². The molecule has 0 unspecified atom stereocenters. The summed E-state index contributed by atoms with van der Waals surface area (Å²) in [7, 11) is -0.180. The molecule has 0 fully saturated rings.